The van der Waals surface area contributed by atoms with Crippen molar-refractivity contribution in [2.75, 3.05) is 0 Å². The Hall–Kier alpha value is -3.54. The van der Waals surface area contributed by atoms with Crippen LogP contribution < -0.4 is 5.56 Å². The lowest BCUT2D eigenvalue weighted by atomic mass is 10.1. The van der Waals surface area contributed by atoms with Gasteiger partial charge in [-0.2, -0.15) is 0 Å². The SMILES string of the molecule is CC(C)CCn1cnc2c(c1=O)c1nc3ccccc3nc1n2-c1ccccc1. The van der Waals surface area contributed by atoms with E-state index in [1.807, 2.05) is 59.2 Å². The monoisotopic (exact) mass is 383 g/mol. The second-order valence-electron chi connectivity index (χ2n) is 7.68. The van der Waals surface area contributed by atoms with Gasteiger partial charge >= 0.3 is 0 Å². The highest BCUT2D eigenvalue weighted by molar-refractivity contribution is 6.05. The molecule has 0 saturated carbocycles. The molecule has 5 rings (SSSR count). The molecule has 144 valence electrons. The number of hydrogen-bond donors (Lipinski definition) is 0. The van der Waals surface area contributed by atoms with E-state index in [0.717, 1.165) is 23.1 Å². The van der Waals surface area contributed by atoms with E-state index < -0.39 is 0 Å². The van der Waals surface area contributed by atoms with Crippen LogP contribution in [0.4, 0.5) is 0 Å². The molecule has 0 fully saturated rings. The predicted molar refractivity (Wildman–Crippen MR) is 115 cm³/mol. The first-order chi connectivity index (χ1) is 14.1. The lowest BCUT2D eigenvalue weighted by molar-refractivity contribution is 0.506. The zero-order valence-electron chi connectivity index (χ0n) is 16.4. The zero-order chi connectivity index (χ0) is 20.0. The van der Waals surface area contributed by atoms with Crippen LogP contribution in [0.5, 0.6) is 0 Å². The highest BCUT2D eigenvalue weighted by atomic mass is 16.1. The molecule has 2 aromatic carbocycles. The van der Waals surface area contributed by atoms with Crippen LogP contribution in [0.15, 0.2) is 65.7 Å². The molecule has 3 heterocycles. The number of aromatic nitrogens is 5. The summed E-state index contributed by atoms with van der Waals surface area (Å²) in [4.78, 5) is 27.7. The minimum Gasteiger partial charge on any atom is -0.299 e. The summed E-state index contributed by atoms with van der Waals surface area (Å²) in [5.74, 6) is 0.506. The largest absolute Gasteiger partial charge is 0.299 e. The van der Waals surface area contributed by atoms with Gasteiger partial charge in [0.25, 0.3) is 5.56 Å². The van der Waals surface area contributed by atoms with Gasteiger partial charge in [-0.05, 0) is 36.6 Å². The average Bonchev–Trinajstić information content (AvgIpc) is 3.06. The topological polar surface area (TPSA) is 65.6 Å². The van der Waals surface area contributed by atoms with Crippen LogP contribution >= 0.6 is 0 Å². The molecule has 0 N–H and O–H groups in total. The highest BCUT2D eigenvalue weighted by Gasteiger charge is 2.20. The Balaban J connectivity index is 1.90. The summed E-state index contributed by atoms with van der Waals surface area (Å²) in [7, 11) is 0. The number of rotatable bonds is 4. The molecule has 3 aromatic heterocycles. The maximum absolute atomic E-state index is 13.4. The summed E-state index contributed by atoms with van der Waals surface area (Å²) in [6, 6.07) is 17.6. The van der Waals surface area contributed by atoms with Crippen molar-refractivity contribution in [1.82, 2.24) is 24.1 Å². The van der Waals surface area contributed by atoms with Crippen molar-refractivity contribution in [3.8, 4) is 5.69 Å². The summed E-state index contributed by atoms with van der Waals surface area (Å²) >= 11 is 0. The van der Waals surface area contributed by atoms with Crippen molar-refractivity contribution in [2.45, 2.75) is 26.8 Å². The third-order valence-corrected chi connectivity index (χ3v) is 5.19. The number of aryl methyl sites for hydroxylation is 1. The predicted octanol–water partition coefficient (Wildman–Crippen LogP) is 4.33. The second-order valence-corrected chi connectivity index (χ2v) is 7.68. The lowest BCUT2D eigenvalue weighted by Gasteiger charge is -2.08. The molecule has 5 aromatic rings. The molecule has 0 bridgehead atoms. The van der Waals surface area contributed by atoms with Crippen LogP contribution in [0, 0.1) is 5.92 Å². The van der Waals surface area contributed by atoms with E-state index >= 15 is 0 Å². The number of fused-ring (bicyclic) bond motifs is 4. The fourth-order valence-corrected chi connectivity index (χ4v) is 3.65. The molecule has 0 aliphatic rings. The average molecular weight is 383 g/mol. The minimum absolute atomic E-state index is 0.0695. The fourth-order valence-electron chi connectivity index (χ4n) is 3.65. The Labute approximate surface area is 167 Å². The van der Waals surface area contributed by atoms with Gasteiger partial charge in [-0.25, -0.2) is 15.0 Å². The molecule has 6 nitrogen and oxygen atoms in total. The molecular formula is C23H21N5O. The van der Waals surface area contributed by atoms with Gasteiger partial charge in [-0.1, -0.05) is 44.2 Å². The van der Waals surface area contributed by atoms with Crippen LogP contribution in [0.3, 0.4) is 0 Å². The molecule has 0 radical (unpaired) electrons. The summed E-state index contributed by atoms with van der Waals surface area (Å²) in [5, 5.41) is 0.522. The first-order valence-corrected chi connectivity index (χ1v) is 9.85. The van der Waals surface area contributed by atoms with Crippen molar-refractivity contribution in [1.29, 1.82) is 0 Å². The minimum atomic E-state index is -0.0695. The molecule has 0 amide bonds. The van der Waals surface area contributed by atoms with Crippen LogP contribution in [0.1, 0.15) is 20.3 Å². The van der Waals surface area contributed by atoms with Gasteiger partial charge in [0, 0.05) is 12.2 Å². The Morgan fingerprint density at radius 3 is 2.31 bits per heavy atom. The Morgan fingerprint density at radius 2 is 1.59 bits per heavy atom. The summed E-state index contributed by atoms with van der Waals surface area (Å²) in [5.41, 5.74) is 4.23. The highest BCUT2D eigenvalue weighted by Crippen LogP contribution is 2.28. The number of para-hydroxylation sites is 3. The molecule has 6 heteroatoms. The Bertz CT molecular complexity index is 1400. The molecule has 0 spiro atoms. The van der Waals surface area contributed by atoms with E-state index in [4.69, 9.17) is 9.97 Å². The molecule has 0 atom stereocenters. The Kier molecular flexibility index (Phi) is 4.12. The van der Waals surface area contributed by atoms with Crippen molar-refractivity contribution >= 4 is 33.2 Å². The number of benzene rings is 2. The summed E-state index contributed by atoms with van der Waals surface area (Å²) < 4.78 is 3.62. The van der Waals surface area contributed by atoms with E-state index in [1.165, 1.54) is 0 Å². The van der Waals surface area contributed by atoms with E-state index in [-0.39, 0.29) is 5.56 Å². The fraction of sp³-hybridized carbons (Fsp3) is 0.217. The van der Waals surface area contributed by atoms with E-state index in [9.17, 15) is 4.79 Å². The standard InChI is InChI=1S/C23H21N5O/c1-15(2)12-13-27-14-24-21-19(23(27)29)20-22(28(21)16-8-4-3-5-9-16)26-18-11-7-6-10-17(18)25-20/h3-11,14-15H,12-13H2,1-2H3. The summed E-state index contributed by atoms with van der Waals surface area (Å²) in [6.45, 7) is 4.93. The second kappa shape index (κ2) is 6.81. The summed E-state index contributed by atoms with van der Waals surface area (Å²) in [6.07, 6.45) is 2.56. The van der Waals surface area contributed by atoms with Gasteiger partial charge in [0.1, 0.15) is 10.9 Å². The van der Waals surface area contributed by atoms with E-state index in [0.29, 0.717) is 34.7 Å². The number of hydrogen-bond acceptors (Lipinski definition) is 4. The van der Waals surface area contributed by atoms with Gasteiger partial charge < -0.3 is 0 Å². The Morgan fingerprint density at radius 1 is 0.897 bits per heavy atom. The van der Waals surface area contributed by atoms with Crippen LogP contribution in [0.25, 0.3) is 38.9 Å². The van der Waals surface area contributed by atoms with Gasteiger partial charge in [0.05, 0.1) is 17.4 Å². The van der Waals surface area contributed by atoms with Crippen molar-refractivity contribution < 1.29 is 0 Å². The van der Waals surface area contributed by atoms with Crippen LogP contribution in [0.2, 0.25) is 0 Å². The normalized spacial score (nSPS) is 11.8. The van der Waals surface area contributed by atoms with Gasteiger partial charge in [0.2, 0.25) is 0 Å². The molecule has 29 heavy (non-hydrogen) atoms. The van der Waals surface area contributed by atoms with E-state index in [2.05, 4.69) is 18.8 Å². The maximum Gasteiger partial charge on any atom is 0.265 e. The first kappa shape index (κ1) is 17.6. The van der Waals surface area contributed by atoms with E-state index in [1.54, 1.807) is 10.9 Å². The number of nitrogens with zero attached hydrogens (tertiary/aromatic N) is 5. The molecule has 0 saturated heterocycles. The van der Waals surface area contributed by atoms with Gasteiger partial charge in [-0.15, -0.1) is 0 Å². The van der Waals surface area contributed by atoms with Crippen LogP contribution in [-0.2, 0) is 6.54 Å². The molecule has 0 aliphatic carbocycles. The quantitative estimate of drug-likeness (QED) is 0.463. The van der Waals surface area contributed by atoms with Crippen LogP contribution in [-0.4, -0.2) is 24.1 Å². The van der Waals surface area contributed by atoms with Gasteiger partial charge in [-0.3, -0.25) is 13.9 Å². The van der Waals surface area contributed by atoms with Gasteiger partial charge in [0.15, 0.2) is 11.3 Å². The molecular weight excluding hydrogens is 362 g/mol. The third-order valence-electron chi connectivity index (χ3n) is 5.19. The zero-order valence-corrected chi connectivity index (χ0v) is 16.4. The van der Waals surface area contributed by atoms with Crippen molar-refractivity contribution in [2.24, 2.45) is 5.92 Å². The van der Waals surface area contributed by atoms with Crippen molar-refractivity contribution in [3.05, 3.63) is 71.3 Å². The first-order valence-electron chi connectivity index (χ1n) is 9.85. The lowest BCUT2D eigenvalue weighted by Crippen LogP contribution is -2.21. The van der Waals surface area contributed by atoms with Crippen molar-refractivity contribution in [3.63, 3.8) is 0 Å². The smallest absolute Gasteiger partial charge is 0.265 e. The third kappa shape index (κ3) is 2.88. The molecule has 0 aliphatic heterocycles. The molecule has 0 unspecified atom stereocenters. The maximum atomic E-state index is 13.4.